The van der Waals surface area contributed by atoms with E-state index >= 15 is 0 Å². The Bertz CT molecular complexity index is 788. The van der Waals surface area contributed by atoms with Crippen LogP contribution in [0.5, 0.6) is 0 Å². The first-order chi connectivity index (χ1) is 11.5. The summed E-state index contributed by atoms with van der Waals surface area (Å²) >= 11 is 0. The Morgan fingerprint density at radius 1 is 1.20 bits per heavy atom. The van der Waals surface area contributed by atoms with Crippen LogP contribution >= 0.6 is 0 Å². The molecule has 6 heteroatoms. The number of carboxylic acid groups (broad SMARTS) is 1. The van der Waals surface area contributed by atoms with Crippen LogP contribution in [0.3, 0.4) is 0 Å². The van der Waals surface area contributed by atoms with Gasteiger partial charge in [0.05, 0.1) is 18.6 Å². The minimum absolute atomic E-state index is 0.0141. The van der Waals surface area contributed by atoms with E-state index in [2.05, 4.69) is 37.1 Å². The zero-order chi connectivity index (χ0) is 18.8. The Kier molecular flexibility index (Phi) is 5.23. The highest BCUT2D eigenvalue weighted by Crippen LogP contribution is 2.26. The minimum Gasteiger partial charge on any atom is -0.481 e. The summed E-state index contributed by atoms with van der Waals surface area (Å²) in [4.78, 5) is 26.8. The third-order valence-electron chi connectivity index (χ3n) is 4.15. The molecule has 2 aromatic rings. The number of carboxylic acids is 1. The van der Waals surface area contributed by atoms with Gasteiger partial charge >= 0.3 is 5.97 Å². The van der Waals surface area contributed by atoms with Crippen LogP contribution in [0.2, 0.25) is 0 Å². The standard InChI is InChI=1S/C19H26N2O4/c1-18(2,3)13-7-6-12-8-15(20-14(12)9-13)17(24)21-19(4,11-25-5)10-16(22)23/h6-9,20H,10-11H2,1-5H3,(H,21,24)(H,22,23). The average molecular weight is 346 g/mol. The SMILES string of the molecule is COCC(C)(CC(=O)O)NC(=O)c1cc2ccc(C(C)(C)C)cc2[nH]1. The highest BCUT2D eigenvalue weighted by atomic mass is 16.5. The summed E-state index contributed by atoms with van der Waals surface area (Å²) in [5.74, 6) is -1.35. The van der Waals surface area contributed by atoms with Gasteiger partial charge < -0.3 is 20.1 Å². The van der Waals surface area contributed by atoms with Crippen LogP contribution in [0.1, 0.15) is 50.2 Å². The van der Waals surface area contributed by atoms with Crippen LogP contribution in [0, 0.1) is 0 Å². The van der Waals surface area contributed by atoms with Crippen molar-refractivity contribution in [1.82, 2.24) is 10.3 Å². The highest BCUT2D eigenvalue weighted by molar-refractivity contribution is 5.98. The summed E-state index contributed by atoms with van der Waals surface area (Å²) in [5, 5.41) is 12.8. The molecular weight excluding hydrogens is 320 g/mol. The third-order valence-corrected chi connectivity index (χ3v) is 4.15. The van der Waals surface area contributed by atoms with Gasteiger partial charge in [0, 0.05) is 18.0 Å². The molecule has 1 aromatic carbocycles. The maximum Gasteiger partial charge on any atom is 0.305 e. The Morgan fingerprint density at radius 2 is 1.88 bits per heavy atom. The van der Waals surface area contributed by atoms with Gasteiger partial charge in [-0.15, -0.1) is 0 Å². The number of carbonyl (C=O) groups is 2. The summed E-state index contributed by atoms with van der Waals surface area (Å²) in [5.41, 5.74) is 1.48. The van der Waals surface area contributed by atoms with Crippen molar-refractivity contribution < 1.29 is 19.4 Å². The summed E-state index contributed by atoms with van der Waals surface area (Å²) in [6, 6.07) is 7.84. The van der Waals surface area contributed by atoms with Crippen LogP contribution in [0.4, 0.5) is 0 Å². The fourth-order valence-corrected chi connectivity index (χ4v) is 2.84. The largest absolute Gasteiger partial charge is 0.481 e. The molecule has 6 nitrogen and oxygen atoms in total. The molecule has 0 fully saturated rings. The quantitative estimate of drug-likeness (QED) is 0.749. The van der Waals surface area contributed by atoms with Crippen molar-refractivity contribution >= 4 is 22.8 Å². The maximum absolute atomic E-state index is 12.6. The van der Waals surface area contributed by atoms with E-state index in [4.69, 9.17) is 9.84 Å². The lowest BCUT2D eigenvalue weighted by Gasteiger charge is -2.28. The van der Waals surface area contributed by atoms with Crippen molar-refractivity contribution in [2.75, 3.05) is 13.7 Å². The van der Waals surface area contributed by atoms with Crippen molar-refractivity contribution in [3.8, 4) is 0 Å². The van der Waals surface area contributed by atoms with Crippen molar-refractivity contribution in [3.63, 3.8) is 0 Å². The van der Waals surface area contributed by atoms with Gasteiger partial charge in [0.25, 0.3) is 5.91 Å². The van der Waals surface area contributed by atoms with E-state index in [-0.39, 0.29) is 24.3 Å². The summed E-state index contributed by atoms with van der Waals surface area (Å²) < 4.78 is 5.07. The van der Waals surface area contributed by atoms with Gasteiger partial charge in [-0.05, 0) is 30.0 Å². The molecule has 0 saturated carbocycles. The van der Waals surface area contributed by atoms with Crippen LogP contribution in [0.15, 0.2) is 24.3 Å². The van der Waals surface area contributed by atoms with E-state index in [0.717, 1.165) is 10.9 Å². The lowest BCUT2D eigenvalue weighted by Crippen LogP contribution is -2.50. The number of H-pyrrole nitrogens is 1. The molecule has 0 saturated heterocycles. The fraction of sp³-hybridized carbons (Fsp3) is 0.474. The maximum atomic E-state index is 12.6. The van der Waals surface area contributed by atoms with Crippen LogP contribution < -0.4 is 5.32 Å². The number of ether oxygens (including phenoxy) is 1. The van der Waals surface area contributed by atoms with Crippen molar-refractivity contribution in [2.45, 2.75) is 45.1 Å². The number of aromatic amines is 1. The first-order valence-electron chi connectivity index (χ1n) is 8.20. The summed E-state index contributed by atoms with van der Waals surface area (Å²) in [7, 11) is 1.48. The second kappa shape index (κ2) is 6.88. The van der Waals surface area contributed by atoms with Crippen LogP contribution in [-0.2, 0) is 14.9 Å². The molecule has 0 aliphatic rings. The molecule has 3 N–H and O–H groups in total. The number of benzene rings is 1. The number of hydrogen-bond donors (Lipinski definition) is 3. The molecule has 1 amide bonds. The first-order valence-corrected chi connectivity index (χ1v) is 8.20. The Labute approximate surface area is 147 Å². The Balaban J connectivity index is 2.28. The van der Waals surface area contributed by atoms with Crippen LogP contribution in [-0.4, -0.2) is 41.2 Å². The molecule has 0 radical (unpaired) electrons. The number of methoxy groups -OCH3 is 1. The van der Waals surface area contributed by atoms with Gasteiger partial charge in [0.2, 0.25) is 0 Å². The Hall–Kier alpha value is -2.34. The number of carbonyl (C=O) groups excluding carboxylic acids is 1. The van der Waals surface area contributed by atoms with Crippen LogP contribution in [0.25, 0.3) is 10.9 Å². The second-order valence-corrected chi connectivity index (χ2v) is 7.75. The molecule has 0 spiro atoms. The molecule has 2 rings (SSSR count). The van der Waals surface area contributed by atoms with Gasteiger partial charge in [-0.25, -0.2) is 0 Å². The second-order valence-electron chi connectivity index (χ2n) is 7.75. The Morgan fingerprint density at radius 3 is 2.44 bits per heavy atom. The summed E-state index contributed by atoms with van der Waals surface area (Å²) in [6.45, 7) is 8.16. The normalized spacial score (nSPS) is 14.3. The van der Waals surface area contributed by atoms with Gasteiger partial charge in [0.15, 0.2) is 0 Å². The third kappa shape index (κ3) is 4.60. The fourth-order valence-electron chi connectivity index (χ4n) is 2.84. The zero-order valence-corrected chi connectivity index (χ0v) is 15.4. The van der Waals surface area contributed by atoms with Crippen molar-refractivity contribution in [2.24, 2.45) is 0 Å². The molecule has 1 aromatic heterocycles. The van der Waals surface area contributed by atoms with E-state index in [9.17, 15) is 9.59 Å². The molecule has 136 valence electrons. The minimum atomic E-state index is -0.994. The molecule has 1 unspecified atom stereocenters. The monoisotopic (exact) mass is 346 g/mol. The van der Waals surface area contributed by atoms with Gasteiger partial charge in [0.1, 0.15) is 5.69 Å². The molecule has 25 heavy (non-hydrogen) atoms. The average Bonchev–Trinajstić information content (AvgIpc) is 2.88. The van der Waals surface area contributed by atoms with E-state index < -0.39 is 11.5 Å². The van der Waals surface area contributed by atoms with Gasteiger partial charge in [-0.2, -0.15) is 0 Å². The molecule has 0 aliphatic heterocycles. The number of aromatic nitrogens is 1. The lowest BCUT2D eigenvalue weighted by atomic mass is 9.87. The van der Waals surface area contributed by atoms with Crippen molar-refractivity contribution in [3.05, 3.63) is 35.5 Å². The lowest BCUT2D eigenvalue weighted by molar-refractivity contribution is -0.139. The van der Waals surface area contributed by atoms with E-state index in [0.29, 0.717) is 5.69 Å². The van der Waals surface area contributed by atoms with Gasteiger partial charge in [-0.1, -0.05) is 32.9 Å². The smallest absolute Gasteiger partial charge is 0.305 e. The predicted octanol–water partition coefficient (Wildman–Crippen LogP) is 3.08. The highest BCUT2D eigenvalue weighted by Gasteiger charge is 2.30. The number of fused-ring (bicyclic) bond motifs is 1. The number of amides is 1. The van der Waals surface area contributed by atoms with E-state index in [1.165, 1.54) is 12.7 Å². The topological polar surface area (TPSA) is 91.4 Å². The molecular formula is C19H26N2O4. The van der Waals surface area contributed by atoms with Crippen molar-refractivity contribution in [1.29, 1.82) is 0 Å². The first kappa shape index (κ1) is 19.0. The molecule has 0 aliphatic carbocycles. The molecule has 1 atom stereocenters. The summed E-state index contributed by atoms with van der Waals surface area (Å²) in [6.07, 6.45) is -0.221. The molecule has 0 bridgehead atoms. The predicted molar refractivity (Wildman–Crippen MR) is 97.0 cm³/mol. The zero-order valence-electron chi connectivity index (χ0n) is 15.4. The number of rotatable bonds is 6. The molecule has 1 heterocycles. The van der Waals surface area contributed by atoms with Gasteiger partial charge in [-0.3, -0.25) is 9.59 Å². The number of hydrogen-bond acceptors (Lipinski definition) is 3. The van der Waals surface area contributed by atoms with E-state index in [1.807, 2.05) is 12.1 Å². The van der Waals surface area contributed by atoms with E-state index in [1.54, 1.807) is 13.0 Å². The number of aliphatic carboxylic acids is 1. The number of nitrogens with one attached hydrogen (secondary N) is 2.